The Morgan fingerprint density at radius 1 is 1.19 bits per heavy atom. The number of aryl methyl sites for hydroxylation is 1. The first-order valence-corrected chi connectivity index (χ1v) is 8.10. The average molecular weight is 349 g/mol. The molecule has 0 atom stereocenters. The third kappa shape index (κ3) is 4.16. The molecule has 3 aromatic rings. The molecule has 0 aliphatic heterocycles. The number of benzene rings is 2. The third-order valence-corrected chi connectivity index (χ3v) is 3.78. The van der Waals surface area contributed by atoms with Gasteiger partial charge >= 0.3 is 0 Å². The summed E-state index contributed by atoms with van der Waals surface area (Å²) < 4.78 is 10.8. The number of hydrogen-bond acceptors (Lipinski definition) is 5. The van der Waals surface area contributed by atoms with E-state index in [0.29, 0.717) is 5.75 Å². The number of pyridine rings is 1. The number of aromatic nitrogens is 1. The summed E-state index contributed by atoms with van der Waals surface area (Å²) in [5.41, 5.74) is 5.03. The van der Waals surface area contributed by atoms with E-state index >= 15 is 0 Å². The van der Waals surface area contributed by atoms with Gasteiger partial charge in [-0.2, -0.15) is 5.10 Å². The maximum Gasteiger partial charge on any atom is 0.277 e. The van der Waals surface area contributed by atoms with E-state index in [2.05, 4.69) is 15.5 Å². The fourth-order valence-corrected chi connectivity index (χ4v) is 2.53. The maximum absolute atomic E-state index is 11.9. The van der Waals surface area contributed by atoms with Gasteiger partial charge in [0.1, 0.15) is 17.0 Å². The molecule has 0 unspecified atom stereocenters. The summed E-state index contributed by atoms with van der Waals surface area (Å²) in [6.45, 7) is 1.80. The second-order valence-corrected chi connectivity index (χ2v) is 5.64. The summed E-state index contributed by atoms with van der Waals surface area (Å²) in [5.74, 6) is 1.02. The summed E-state index contributed by atoms with van der Waals surface area (Å²) in [7, 11) is 1.63. The van der Waals surface area contributed by atoms with Crippen molar-refractivity contribution < 1.29 is 14.3 Å². The van der Waals surface area contributed by atoms with E-state index in [-0.39, 0.29) is 12.5 Å². The van der Waals surface area contributed by atoms with Gasteiger partial charge in [0.05, 0.1) is 13.3 Å². The van der Waals surface area contributed by atoms with E-state index in [0.717, 1.165) is 27.8 Å². The minimum atomic E-state index is -0.348. The number of ether oxygens (including phenoxy) is 2. The monoisotopic (exact) mass is 349 g/mol. The molecule has 0 radical (unpaired) electrons. The molecule has 6 nitrogen and oxygen atoms in total. The zero-order valence-electron chi connectivity index (χ0n) is 14.6. The lowest BCUT2D eigenvalue weighted by molar-refractivity contribution is -0.123. The first-order chi connectivity index (χ1) is 12.7. The fraction of sp³-hybridized carbons (Fsp3) is 0.150. The van der Waals surface area contributed by atoms with Crippen LogP contribution >= 0.6 is 0 Å². The molecule has 0 saturated heterocycles. The number of nitrogens with one attached hydrogen (secondary N) is 1. The molecule has 1 heterocycles. The quantitative estimate of drug-likeness (QED) is 0.548. The molecule has 1 aromatic heterocycles. The molecule has 6 heteroatoms. The molecule has 2 aromatic carbocycles. The van der Waals surface area contributed by atoms with Gasteiger partial charge in [0, 0.05) is 11.6 Å². The molecule has 3 rings (SSSR count). The summed E-state index contributed by atoms with van der Waals surface area (Å²) in [6, 6.07) is 15.0. The van der Waals surface area contributed by atoms with Crippen LogP contribution in [0.5, 0.6) is 11.5 Å². The summed E-state index contributed by atoms with van der Waals surface area (Å²) in [5, 5.41) is 4.91. The number of hydrazone groups is 1. The molecule has 0 saturated carbocycles. The molecule has 0 fully saturated rings. The molecular formula is C20H19N3O3. The maximum atomic E-state index is 11.9. The molecule has 0 bridgehead atoms. The van der Waals surface area contributed by atoms with Crippen LogP contribution in [-0.4, -0.2) is 30.8 Å². The van der Waals surface area contributed by atoms with E-state index in [9.17, 15) is 4.79 Å². The van der Waals surface area contributed by atoms with Crippen molar-refractivity contribution in [2.24, 2.45) is 5.10 Å². The minimum absolute atomic E-state index is 0.144. The number of hydrogen-bond donors (Lipinski definition) is 1. The molecular weight excluding hydrogens is 330 g/mol. The first kappa shape index (κ1) is 17.4. The van der Waals surface area contributed by atoms with Gasteiger partial charge in [0.15, 0.2) is 6.61 Å². The van der Waals surface area contributed by atoms with Crippen molar-refractivity contribution in [1.82, 2.24) is 10.4 Å². The molecule has 0 aliphatic rings. The number of carbonyl (C=O) groups is 1. The predicted octanol–water partition coefficient (Wildman–Crippen LogP) is 3.08. The van der Waals surface area contributed by atoms with Crippen molar-refractivity contribution in [2.75, 3.05) is 13.7 Å². The highest BCUT2D eigenvalue weighted by Crippen LogP contribution is 2.22. The van der Waals surface area contributed by atoms with E-state index in [1.807, 2.05) is 49.4 Å². The average Bonchev–Trinajstić information content (AvgIpc) is 2.66. The van der Waals surface area contributed by atoms with Gasteiger partial charge in [-0.1, -0.05) is 18.2 Å². The molecule has 0 aliphatic carbocycles. The van der Waals surface area contributed by atoms with Crippen molar-refractivity contribution in [3.05, 3.63) is 65.9 Å². The van der Waals surface area contributed by atoms with Gasteiger partial charge in [-0.25, -0.2) is 5.43 Å². The van der Waals surface area contributed by atoms with E-state index < -0.39 is 0 Å². The summed E-state index contributed by atoms with van der Waals surface area (Å²) in [6.07, 6.45) is 3.26. The number of methoxy groups -OCH3 is 1. The smallest absolute Gasteiger partial charge is 0.277 e. The van der Waals surface area contributed by atoms with Crippen molar-refractivity contribution in [1.29, 1.82) is 0 Å². The van der Waals surface area contributed by atoms with E-state index in [1.54, 1.807) is 25.6 Å². The van der Waals surface area contributed by atoms with Gasteiger partial charge in [-0.15, -0.1) is 0 Å². The van der Waals surface area contributed by atoms with Crippen LogP contribution in [0.1, 0.15) is 11.1 Å². The Kier molecular flexibility index (Phi) is 5.43. The molecule has 1 amide bonds. The Hall–Kier alpha value is -3.41. The number of fused-ring (bicyclic) bond motifs is 1. The van der Waals surface area contributed by atoms with Crippen LogP contribution in [-0.2, 0) is 4.79 Å². The zero-order valence-corrected chi connectivity index (χ0v) is 14.6. The summed E-state index contributed by atoms with van der Waals surface area (Å²) in [4.78, 5) is 16.2. The number of carbonyl (C=O) groups excluding carboxylic acids is 1. The first-order valence-electron chi connectivity index (χ1n) is 8.10. The highest BCUT2D eigenvalue weighted by Gasteiger charge is 2.06. The molecule has 1 N–H and O–H groups in total. The lowest BCUT2D eigenvalue weighted by Crippen LogP contribution is -2.24. The van der Waals surface area contributed by atoms with Gasteiger partial charge in [0.25, 0.3) is 5.91 Å². The van der Waals surface area contributed by atoms with Crippen LogP contribution in [0.3, 0.4) is 0 Å². The lowest BCUT2D eigenvalue weighted by Gasteiger charge is -2.07. The normalized spacial score (nSPS) is 10.8. The van der Waals surface area contributed by atoms with Crippen LogP contribution in [0.2, 0.25) is 0 Å². The Morgan fingerprint density at radius 2 is 2.04 bits per heavy atom. The number of amides is 1. The van der Waals surface area contributed by atoms with Crippen molar-refractivity contribution in [3.63, 3.8) is 0 Å². The Balaban J connectivity index is 1.56. The van der Waals surface area contributed by atoms with Crippen LogP contribution in [0.4, 0.5) is 0 Å². The van der Waals surface area contributed by atoms with Crippen LogP contribution in [0.25, 0.3) is 10.9 Å². The Labute approximate surface area is 151 Å². The number of para-hydroxylation sites is 1. The number of nitrogens with zero attached hydrogens (tertiary/aromatic N) is 2. The van der Waals surface area contributed by atoms with Crippen LogP contribution in [0, 0.1) is 6.92 Å². The van der Waals surface area contributed by atoms with Crippen molar-refractivity contribution in [3.8, 4) is 11.5 Å². The lowest BCUT2D eigenvalue weighted by atomic mass is 10.1. The standard InChI is InChI=1S/C20H19N3O3/c1-14-11-15(8-9-17(14)25-2)12-22-23-19(24)13-26-18-7-3-5-16-6-4-10-21-20(16)18/h3-12H,13H2,1-2H3,(H,23,24)/b22-12+. The topological polar surface area (TPSA) is 72.8 Å². The van der Waals surface area contributed by atoms with E-state index in [4.69, 9.17) is 9.47 Å². The largest absolute Gasteiger partial charge is 0.496 e. The Morgan fingerprint density at radius 3 is 2.85 bits per heavy atom. The van der Waals surface area contributed by atoms with E-state index in [1.165, 1.54) is 0 Å². The van der Waals surface area contributed by atoms with Crippen LogP contribution < -0.4 is 14.9 Å². The van der Waals surface area contributed by atoms with Crippen molar-refractivity contribution >= 4 is 23.0 Å². The number of rotatable bonds is 6. The summed E-state index contributed by atoms with van der Waals surface area (Å²) >= 11 is 0. The van der Waals surface area contributed by atoms with Crippen molar-refractivity contribution in [2.45, 2.75) is 6.92 Å². The second kappa shape index (κ2) is 8.11. The highest BCUT2D eigenvalue weighted by molar-refractivity contribution is 5.85. The second-order valence-electron chi connectivity index (χ2n) is 5.64. The zero-order chi connectivity index (χ0) is 18.4. The van der Waals surface area contributed by atoms with Gasteiger partial charge in [0.2, 0.25) is 0 Å². The van der Waals surface area contributed by atoms with Gasteiger partial charge in [-0.05, 0) is 48.4 Å². The Bertz CT molecular complexity index is 949. The van der Waals surface area contributed by atoms with Gasteiger partial charge in [-0.3, -0.25) is 9.78 Å². The third-order valence-electron chi connectivity index (χ3n) is 3.78. The van der Waals surface area contributed by atoms with Crippen LogP contribution in [0.15, 0.2) is 59.8 Å². The SMILES string of the molecule is COc1ccc(/C=N/NC(=O)COc2cccc3cccnc23)cc1C. The highest BCUT2D eigenvalue weighted by atomic mass is 16.5. The molecule has 132 valence electrons. The minimum Gasteiger partial charge on any atom is -0.496 e. The molecule has 26 heavy (non-hydrogen) atoms. The van der Waals surface area contributed by atoms with Gasteiger partial charge < -0.3 is 9.47 Å². The molecule has 0 spiro atoms. The fourth-order valence-electron chi connectivity index (χ4n) is 2.53. The predicted molar refractivity (Wildman–Crippen MR) is 101 cm³/mol.